The predicted molar refractivity (Wildman–Crippen MR) is 78.5 cm³/mol. The van der Waals surface area contributed by atoms with E-state index in [1.807, 2.05) is 0 Å². The SMILES string of the molecule is CN(Cc1ccc(F)cc1Cl)C(=O)N1CCS(=O)(=O)CC1. The van der Waals surface area contributed by atoms with Crippen molar-refractivity contribution >= 4 is 27.5 Å². The van der Waals surface area contributed by atoms with E-state index in [2.05, 4.69) is 0 Å². The van der Waals surface area contributed by atoms with Crippen LogP contribution in [-0.4, -0.2) is 55.9 Å². The lowest BCUT2D eigenvalue weighted by molar-refractivity contribution is 0.164. The Kier molecular flexibility index (Phi) is 4.73. The average Bonchev–Trinajstić information content (AvgIpc) is 2.41. The Morgan fingerprint density at radius 3 is 2.57 bits per heavy atom. The number of carbonyl (C=O) groups excluding carboxylic acids is 1. The monoisotopic (exact) mass is 334 g/mol. The third-order valence-corrected chi connectivity index (χ3v) is 5.33. The zero-order chi connectivity index (χ0) is 15.6. The van der Waals surface area contributed by atoms with Gasteiger partial charge in [0.25, 0.3) is 0 Å². The largest absolute Gasteiger partial charge is 0.323 e. The van der Waals surface area contributed by atoms with Gasteiger partial charge in [0, 0.05) is 31.7 Å². The molecule has 1 aromatic rings. The van der Waals surface area contributed by atoms with Gasteiger partial charge in [-0.1, -0.05) is 17.7 Å². The zero-order valence-electron chi connectivity index (χ0n) is 11.6. The van der Waals surface area contributed by atoms with E-state index in [0.717, 1.165) is 0 Å². The van der Waals surface area contributed by atoms with Crippen molar-refractivity contribution in [1.29, 1.82) is 0 Å². The van der Waals surface area contributed by atoms with Crippen LogP contribution in [-0.2, 0) is 16.4 Å². The number of nitrogens with zero attached hydrogens (tertiary/aromatic N) is 2. The third-order valence-electron chi connectivity index (χ3n) is 3.36. The second-order valence-corrected chi connectivity index (χ2v) is 7.72. The van der Waals surface area contributed by atoms with Crippen LogP contribution < -0.4 is 0 Å². The topological polar surface area (TPSA) is 57.7 Å². The van der Waals surface area contributed by atoms with Crippen molar-refractivity contribution < 1.29 is 17.6 Å². The van der Waals surface area contributed by atoms with Crippen LogP contribution in [0.25, 0.3) is 0 Å². The second-order valence-electron chi connectivity index (χ2n) is 5.01. The molecule has 1 aromatic carbocycles. The molecule has 8 heteroatoms. The maximum Gasteiger partial charge on any atom is 0.320 e. The number of hydrogen-bond donors (Lipinski definition) is 0. The molecule has 0 N–H and O–H groups in total. The first-order valence-corrected chi connectivity index (χ1v) is 8.63. The molecule has 1 saturated heterocycles. The Morgan fingerprint density at radius 1 is 1.38 bits per heavy atom. The fourth-order valence-corrected chi connectivity index (χ4v) is 3.55. The molecule has 2 amide bonds. The molecule has 0 aliphatic carbocycles. The molecule has 21 heavy (non-hydrogen) atoms. The van der Waals surface area contributed by atoms with Gasteiger partial charge < -0.3 is 9.80 Å². The fourth-order valence-electron chi connectivity index (χ4n) is 2.12. The van der Waals surface area contributed by atoms with Gasteiger partial charge in [0.05, 0.1) is 11.5 Å². The first-order chi connectivity index (χ1) is 9.78. The predicted octanol–water partition coefficient (Wildman–Crippen LogP) is 1.76. The molecule has 0 bridgehead atoms. The van der Waals surface area contributed by atoms with E-state index in [1.54, 1.807) is 7.05 Å². The minimum Gasteiger partial charge on any atom is -0.323 e. The van der Waals surface area contributed by atoms with Crippen LogP contribution in [0.5, 0.6) is 0 Å². The van der Waals surface area contributed by atoms with Crippen molar-refractivity contribution in [3.05, 3.63) is 34.6 Å². The van der Waals surface area contributed by atoms with Crippen LogP contribution in [0.15, 0.2) is 18.2 Å². The first kappa shape index (κ1) is 16.0. The molecule has 1 aliphatic rings. The molecule has 1 aliphatic heterocycles. The van der Waals surface area contributed by atoms with Gasteiger partial charge in [0.15, 0.2) is 9.84 Å². The van der Waals surface area contributed by atoms with Crippen LogP contribution in [0.4, 0.5) is 9.18 Å². The van der Waals surface area contributed by atoms with E-state index < -0.39 is 15.7 Å². The Balaban J connectivity index is 2.00. The molecule has 0 radical (unpaired) electrons. The highest BCUT2D eigenvalue weighted by Crippen LogP contribution is 2.19. The summed E-state index contributed by atoms with van der Waals surface area (Å²) in [6, 6.07) is 3.75. The van der Waals surface area contributed by atoms with Crippen molar-refractivity contribution in [2.24, 2.45) is 0 Å². The fraction of sp³-hybridized carbons (Fsp3) is 0.462. The number of amides is 2. The number of hydrogen-bond acceptors (Lipinski definition) is 3. The second kappa shape index (κ2) is 6.19. The maximum absolute atomic E-state index is 13.0. The van der Waals surface area contributed by atoms with Crippen LogP contribution in [0, 0.1) is 5.82 Å². The van der Waals surface area contributed by atoms with E-state index in [1.165, 1.54) is 28.0 Å². The highest BCUT2D eigenvalue weighted by atomic mass is 35.5. The summed E-state index contributed by atoms with van der Waals surface area (Å²) in [5.41, 5.74) is 0.638. The summed E-state index contributed by atoms with van der Waals surface area (Å²) >= 11 is 5.93. The lowest BCUT2D eigenvalue weighted by Crippen LogP contribution is -2.48. The highest BCUT2D eigenvalue weighted by molar-refractivity contribution is 7.91. The Labute approximate surface area is 128 Å². The number of rotatable bonds is 2. The molecule has 0 atom stereocenters. The van der Waals surface area contributed by atoms with Crippen molar-refractivity contribution in [2.75, 3.05) is 31.6 Å². The molecule has 1 heterocycles. The number of halogens is 2. The van der Waals surface area contributed by atoms with Gasteiger partial charge in [-0.3, -0.25) is 0 Å². The van der Waals surface area contributed by atoms with Crippen molar-refractivity contribution in [3.8, 4) is 0 Å². The number of carbonyl (C=O) groups is 1. The highest BCUT2D eigenvalue weighted by Gasteiger charge is 2.27. The molecule has 2 rings (SSSR count). The molecule has 5 nitrogen and oxygen atoms in total. The maximum atomic E-state index is 13.0. The standard InChI is InChI=1S/C13H16ClFN2O3S/c1-16(9-10-2-3-11(15)8-12(10)14)13(18)17-4-6-21(19,20)7-5-17/h2-3,8H,4-7,9H2,1H3. The lowest BCUT2D eigenvalue weighted by Gasteiger charge is -2.31. The number of sulfone groups is 1. The molecule has 0 unspecified atom stereocenters. The van der Waals surface area contributed by atoms with E-state index in [0.29, 0.717) is 5.56 Å². The van der Waals surface area contributed by atoms with Gasteiger partial charge in [-0.15, -0.1) is 0 Å². The summed E-state index contributed by atoms with van der Waals surface area (Å²) in [5.74, 6) is -0.452. The summed E-state index contributed by atoms with van der Waals surface area (Å²) < 4.78 is 35.7. The normalized spacial score (nSPS) is 17.6. The number of benzene rings is 1. The van der Waals surface area contributed by atoms with Gasteiger partial charge in [-0.2, -0.15) is 0 Å². The summed E-state index contributed by atoms with van der Waals surface area (Å²) in [4.78, 5) is 15.2. The van der Waals surface area contributed by atoms with Gasteiger partial charge in [0.2, 0.25) is 0 Å². The van der Waals surface area contributed by atoms with Crippen molar-refractivity contribution in [3.63, 3.8) is 0 Å². The summed E-state index contributed by atoms with van der Waals surface area (Å²) in [6.45, 7) is 0.631. The Hall–Kier alpha value is -1.34. The van der Waals surface area contributed by atoms with E-state index in [9.17, 15) is 17.6 Å². The third kappa shape index (κ3) is 4.07. The molecule has 0 saturated carbocycles. The summed E-state index contributed by atoms with van der Waals surface area (Å²) in [6.07, 6.45) is 0. The van der Waals surface area contributed by atoms with Crippen LogP contribution in [0.3, 0.4) is 0 Å². The smallest absolute Gasteiger partial charge is 0.320 e. The molecular weight excluding hydrogens is 319 g/mol. The van der Waals surface area contributed by atoms with Gasteiger partial charge in [0.1, 0.15) is 5.82 Å². The van der Waals surface area contributed by atoms with E-state index in [-0.39, 0.29) is 42.2 Å². The zero-order valence-corrected chi connectivity index (χ0v) is 13.1. The molecule has 1 fully saturated rings. The Bertz CT molecular complexity index is 637. The number of urea groups is 1. The van der Waals surface area contributed by atoms with Gasteiger partial charge >= 0.3 is 6.03 Å². The molecule has 0 spiro atoms. The molecule has 0 aromatic heterocycles. The van der Waals surface area contributed by atoms with Crippen molar-refractivity contribution in [1.82, 2.24) is 9.80 Å². The van der Waals surface area contributed by atoms with E-state index in [4.69, 9.17) is 11.6 Å². The van der Waals surface area contributed by atoms with Gasteiger partial charge in [-0.25, -0.2) is 17.6 Å². The first-order valence-electron chi connectivity index (χ1n) is 6.43. The van der Waals surface area contributed by atoms with Crippen LogP contribution >= 0.6 is 11.6 Å². The lowest BCUT2D eigenvalue weighted by atomic mass is 10.2. The quantitative estimate of drug-likeness (QED) is 0.828. The van der Waals surface area contributed by atoms with E-state index >= 15 is 0 Å². The van der Waals surface area contributed by atoms with Crippen LogP contribution in [0.2, 0.25) is 5.02 Å². The minimum absolute atomic E-state index is 0.0100. The van der Waals surface area contributed by atoms with Gasteiger partial charge in [-0.05, 0) is 17.7 Å². The molecule has 116 valence electrons. The minimum atomic E-state index is -3.02. The molecular formula is C13H16ClFN2O3S. The van der Waals surface area contributed by atoms with Crippen molar-refractivity contribution in [2.45, 2.75) is 6.54 Å². The summed E-state index contributed by atoms with van der Waals surface area (Å²) in [7, 11) is -1.42. The summed E-state index contributed by atoms with van der Waals surface area (Å²) in [5, 5.41) is 0.260. The average molecular weight is 335 g/mol. The van der Waals surface area contributed by atoms with Crippen LogP contribution in [0.1, 0.15) is 5.56 Å². The Morgan fingerprint density at radius 2 is 2.00 bits per heavy atom.